The van der Waals surface area contributed by atoms with Gasteiger partial charge in [0.05, 0.1) is 19.2 Å². The van der Waals surface area contributed by atoms with E-state index in [1.165, 1.54) is 0 Å². The van der Waals surface area contributed by atoms with E-state index in [2.05, 4.69) is 0 Å². The van der Waals surface area contributed by atoms with Gasteiger partial charge in [0.15, 0.2) is 17.3 Å². The Bertz CT molecular complexity index is 1200. The average Bonchev–Trinajstić information content (AvgIpc) is 3.25. The Morgan fingerprint density at radius 3 is 2.83 bits per heavy atom. The van der Waals surface area contributed by atoms with Gasteiger partial charge in [-0.25, -0.2) is 0 Å². The average molecular weight is 512 g/mol. The van der Waals surface area contributed by atoms with Gasteiger partial charge in [0, 0.05) is 24.3 Å². The van der Waals surface area contributed by atoms with Crippen LogP contribution in [0.4, 0.5) is 0 Å². The van der Waals surface area contributed by atoms with Gasteiger partial charge in [-0.05, 0) is 66.8 Å². The summed E-state index contributed by atoms with van der Waals surface area (Å²) in [6.07, 6.45) is 3.27. The van der Waals surface area contributed by atoms with Crippen molar-refractivity contribution in [2.45, 2.75) is 38.5 Å². The first-order valence-corrected chi connectivity index (χ1v) is 12.7. The fourth-order valence-electron chi connectivity index (χ4n) is 4.59. The van der Waals surface area contributed by atoms with Crippen molar-refractivity contribution in [3.05, 3.63) is 70.6 Å². The SMILES string of the molecule is COCc1ccc(C(=O)N2CCOc3c(cc(-c4cccc(Cl)c4)cc3OC[C@@H]3CCCCO3)C2)o1. The molecule has 0 aliphatic carbocycles. The number of carbonyl (C=O) groups is 1. The molecular formula is C28H30ClNO6. The molecule has 0 N–H and O–H groups in total. The lowest BCUT2D eigenvalue weighted by Gasteiger charge is -2.24. The molecule has 1 fully saturated rings. The Morgan fingerprint density at radius 2 is 2.03 bits per heavy atom. The summed E-state index contributed by atoms with van der Waals surface area (Å²) in [5.74, 6) is 2.00. The Morgan fingerprint density at radius 1 is 1.11 bits per heavy atom. The Hall–Kier alpha value is -3.00. The lowest BCUT2D eigenvalue weighted by molar-refractivity contribution is -0.0115. The molecule has 5 rings (SSSR count). The second-order valence-electron chi connectivity index (χ2n) is 9.05. The van der Waals surface area contributed by atoms with E-state index in [0.717, 1.165) is 42.6 Å². The van der Waals surface area contributed by atoms with Crippen molar-refractivity contribution in [2.24, 2.45) is 0 Å². The van der Waals surface area contributed by atoms with Crippen molar-refractivity contribution in [3.63, 3.8) is 0 Å². The standard InChI is InChI=1S/C28H30ClNO6/c1-32-17-24-8-9-25(36-24)28(31)30-10-12-34-27-21(16-30)13-20(19-5-4-6-22(29)14-19)15-26(27)35-18-23-7-2-3-11-33-23/h4-6,8-9,13-15,23H,2-3,7,10-12,16-18H2,1H3/t23-/m0/s1. The number of carbonyl (C=O) groups excluding carboxylic acids is 1. The van der Waals surface area contributed by atoms with Gasteiger partial charge in [0.25, 0.3) is 5.91 Å². The molecule has 2 aliphatic heterocycles. The van der Waals surface area contributed by atoms with Crippen molar-refractivity contribution in [2.75, 3.05) is 33.5 Å². The zero-order valence-electron chi connectivity index (χ0n) is 20.3. The molecule has 2 aromatic carbocycles. The molecule has 0 spiro atoms. The summed E-state index contributed by atoms with van der Waals surface area (Å²) in [6, 6.07) is 15.1. The topological polar surface area (TPSA) is 70.4 Å². The number of halogens is 1. The Labute approximate surface area is 215 Å². The van der Waals surface area contributed by atoms with Crippen LogP contribution in [-0.4, -0.2) is 50.4 Å². The van der Waals surface area contributed by atoms with E-state index in [9.17, 15) is 4.79 Å². The van der Waals surface area contributed by atoms with Crippen LogP contribution < -0.4 is 9.47 Å². The van der Waals surface area contributed by atoms with E-state index in [-0.39, 0.29) is 17.8 Å². The van der Waals surface area contributed by atoms with Crippen LogP contribution in [0.25, 0.3) is 11.1 Å². The molecule has 1 aromatic heterocycles. The van der Waals surface area contributed by atoms with Crippen LogP contribution in [0, 0.1) is 0 Å². The van der Waals surface area contributed by atoms with E-state index in [1.807, 2.05) is 36.4 Å². The highest BCUT2D eigenvalue weighted by Gasteiger charge is 2.27. The van der Waals surface area contributed by atoms with Crippen LogP contribution in [0.2, 0.25) is 5.02 Å². The number of hydrogen-bond acceptors (Lipinski definition) is 6. The molecule has 1 saturated heterocycles. The summed E-state index contributed by atoms with van der Waals surface area (Å²) in [7, 11) is 1.59. The largest absolute Gasteiger partial charge is 0.487 e. The molecule has 0 bridgehead atoms. The van der Waals surface area contributed by atoms with Gasteiger partial charge in [0.1, 0.15) is 25.6 Å². The third kappa shape index (κ3) is 5.69. The third-order valence-corrected chi connectivity index (χ3v) is 6.64. The van der Waals surface area contributed by atoms with Gasteiger partial charge in [-0.2, -0.15) is 0 Å². The second kappa shape index (κ2) is 11.4. The lowest BCUT2D eigenvalue weighted by atomic mass is 10.0. The second-order valence-corrected chi connectivity index (χ2v) is 9.48. The maximum absolute atomic E-state index is 13.3. The van der Waals surface area contributed by atoms with Crippen molar-refractivity contribution < 1.29 is 28.2 Å². The van der Waals surface area contributed by atoms with Crippen LogP contribution in [0.15, 0.2) is 52.9 Å². The minimum absolute atomic E-state index is 0.0633. The normalized spacial score (nSPS) is 17.7. The molecule has 190 valence electrons. The van der Waals surface area contributed by atoms with Crippen LogP contribution in [0.1, 0.15) is 41.1 Å². The summed E-state index contributed by atoms with van der Waals surface area (Å²) >= 11 is 6.28. The number of nitrogens with zero attached hydrogens (tertiary/aromatic N) is 1. The van der Waals surface area contributed by atoms with Crippen molar-refractivity contribution in [1.29, 1.82) is 0 Å². The van der Waals surface area contributed by atoms with E-state index < -0.39 is 0 Å². The smallest absolute Gasteiger partial charge is 0.289 e. The molecule has 1 amide bonds. The number of furan rings is 1. The van der Waals surface area contributed by atoms with E-state index >= 15 is 0 Å². The number of amides is 1. The van der Waals surface area contributed by atoms with Gasteiger partial charge in [-0.3, -0.25) is 4.79 Å². The lowest BCUT2D eigenvalue weighted by Crippen LogP contribution is -2.32. The fourth-order valence-corrected chi connectivity index (χ4v) is 4.78. The van der Waals surface area contributed by atoms with Gasteiger partial charge >= 0.3 is 0 Å². The van der Waals surface area contributed by atoms with Crippen molar-refractivity contribution in [1.82, 2.24) is 4.90 Å². The summed E-state index contributed by atoms with van der Waals surface area (Å²) in [5, 5.41) is 0.651. The molecule has 0 unspecified atom stereocenters. The highest BCUT2D eigenvalue weighted by Crippen LogP contribution is 2.39. The fraction of sp³-hybridized carbons (Fsp3) is 0.393. The van der Waals surface area contributed by atoms with Crippen molar-refractivity contribution >= 4 is 17.5 Å². The quantitative estimate of drug-likeness (QED) is 0.403. The first-order valence-electron chi connectivity index (χ1n) is 12.3. The monoisotopic (exact) mass is 511 g/mol. The third-order valence-electron chi connectivity index (χ3n) is 6.40. The van der Waals surface area contributed by atoms with Gasteiger partial charge in [-0.1, -0.05) is 23.7 Å². The predicted octanol–water partition coefficient (Wildman–Crippen LogP) is 5.73. The van der Waals surface area contributed by atoms with Crippen LogP contribution in [-0.2, 0) is 22.6 Å². The summed E-state index contributed by atoms with van der Waals surface area (Å²) in [6.45, 7) is 2.66. The van der Waals surface area contributed by atoms with Gasteiger partial charge in [-0.15, -0.1) is 0 Å². The number of fused-ring (bicyclic) bond motifs is 1. The van der Waals surface area contributed by atoms with Gasteiger partial charge in [0.2, 0.25) is 0 Å². The molecule has 36 heavy (non-hydrogen) atoms. The maximum atomic E-state index is 13.3. The van der Waals surface area contributed by atoms with Crippen LogP contribution >= 0.6 is 11.6 Å². The van der Waals surface area contributed by atoms with E-state index in [4.69, 9.17) is 35.0 Å². The highest BCUT2D eigenvalue weighted by atomic mass is 35.5. The van der Waals surface area contributed by atoms with E-state index in [1.54, 1.807) is 24.1 Å². The molecule has 3 heterocycles. The number of methoxy groups -OCH3 is 1. The molecule has 0 radical (unpaired) electrons. The Kier molecular flexibility index (Phi) is 7.80. The van der Waals surface area contributed by atoms with Gasteiger partial charge < -0.3 is 28.3 Å². The molecule has 2 aliphatic rings. The highest BCUT2D eigenvalue weighted by molar-refractivity contribution is 6.30. The number of benzene rings is 2. The first kappa shape index (κ1) is 24.7. The molecule has 8 heteroatoms. The maximum Gasteiger partial charge on any atom is 0.289 e. The Balaban J connectivity index is 1.45. The first-order chi connectivity index (χ1) is 17.6. The number of rotatable bonds is 7. The molecule has 3 aromatic rings. The zero-order chi connectivity index (χ0) is 24.9. The summed E-state index contributed by atoms with van der Waals surface area (Å²) < 4.78 is 29.1. The zero-order valence-corrected chi connectivity index (χ0v) is 21.1. The minimum Gasteiger partial charge on any atom is -0.487 e. The summed E-state index contributed by atoms with van der Waals surface area (Å²) in [4.78, 5) is 15.0. The molecular weight excluding hydrogens is 482 g/mol. The molecule has 7 nitrogen and oxygen atoms in total. The number of hydrogen-bond donors (Lipinski definition) is 0. The van der Waals surface area contributed by atoms with Crippen molar-refractivity contribution in [3.8, 4) is 22.6 Å². The molecule has 0 saturated carbocycles. The number of ether oxygens (including phenoxy) is 4. The predicted molar refractivity (Wildman–Crippen MR) is 136 cm³/mol. The van der Waals surface area contributed by atoms with Crippen LogP contribution in [0.3, 0.4) is 0 Å². The minimum atomic E-state index is -0.194. The van der Waals surface area contributed by atoms with E-state index in [0.29, 0.717) is 55.2 Å². The van der Waals surface area contributed by atoms with Crippen LogP contribution in [0.5, 0.6) is 11.5 Å². The molecule has 1 atom stereocenters. The summed E-state index contributed by atoms with van der Waals surface area (Å²) in [5.41, 5.74) is 2.76.